The van der Waals surface area contributed by atoms with Crippen molar-refractivity contribution in [3.8, 4) is 33.4 Å². The highest BCUT2D eigenvalue weighted by atomic mass is 16.3. The van der Waals surface area contributed by atoms with Gasteiger partial charge in [-0.1, -0.05) is 135 Å². The molecule has 2 heteroatoms. The first-order chi connectivity index (χ1) is 25.0. The summed E-state index contributed by atoms with van der Waals surface area (Å²) in [5.41, 5.74) is 15.2. The highest BCUT2D eigenvalue weighted by Crippen LogP contribution is 2.51. The summed E-state index contributed by atoms with van der Waals surface area (Å²) in [6.45, 7) is 4.70. The lowest BCUT2D eigenvalue weighted by Gasteiger charge is -2.28. The Labute approximate surface area is 297 Å². The first-order valence-electron chi connectivity index (χ1n) is 17.7. The monoisotopic (exact) mass is 653 g/mol. The van der Waals surface area contributed by atoms with E-state index in [1.54, 1.807) is 0 Å². The van der Waals surface area contributed by atoms with Crippen LogP contribution in [0.25, 0.3) is 66.1 Å². The summed E-state index contributed by atoms with van der Waals surface area (Å²) in [7, 11) is 0. The number of para-hydroxylation sites is 1. The van der Waals surface area contributed by atoms with Crippen LogP contribution in [0.4, 0.5) is 17.1 Å². The van der Waals surface area contributed by atoms with Gasteiger partial charge in [-0.05, 0) is 110 Å². The van der Waals surface area contributed by atoms with Gasteiger partial charge < -0.3 is 9.32 Å². The van der Waals surface area contributed by atoms with Crippen LogP contribution in [-0.2, 0) is 5.41 Å². The molecule has 1 heterocycles. The van der Waals surface area contributed by atoms with Gasteiger partial charge >= 0.3 is 0 Å². The Balaban J connectivity index is 1.10. The second-order valence-corrected chi connectivity index (χ2v) is 14.2. The SMILES string of the molecule is CC1(C)c2ccccc2-c2ccc(N(c3ccc(-c4ccc5c(c4)oc4ccccc45)cc3)c3cccc(-c4cccc5ccccc45)c3)cc21. The van der Waals surface area contributed by atoms with Crippen molar-refractivity contribution in [1.82, 2.24) is 0 Å². The van der Waals surface area contributed by atoms with Crippen molar-refractivity contribution >= 4 is 49.8 Å². The average Bonchev–Trinajstić information content (AvgIpc) is 3.66. The van der Waals surface area contributed by atoms with Gasteiger partial charge in [-0.3, -0.25) is 0 Å². The average molecular weight is 654 g/mol. The second kappa shape index (κ2) is 11.3. The first kappa shape index (κ1) is 29.5. The highest BCUT2D eigenvalue weighted by Gasteiger charge is 2.35. The van der Waals surface area contributed by atoms with Gasteiger partial charge in [0.05, 0.1) is 0 Å². The lowest BCUT2D eigenvalue weighted by atomic mass is 9.82. The Hall–Kier alpha value is -6.38. The van der Waals surface area contributed by atoms with E-state index in [4.69, 9.17) is 4.42 Å². The van der Waals surface area contributed by atoms with Gasteiger partial charge in [0.25, 0.3) is 0 Å². The van der Waals surface area contributed by atoms with Crippen molar-refractivity contribution in [2.24, 2.45) is 0 Å². The standard InChI is InChI=1S/C49H35NO/c1-49(2)45-19-7-5-16-41(45)42-28-26-38(31-46(42)49)50(37-14-9-13-35(29-37)40-18-10-12-33-11-3-4-15-39(33)40)36-24-21-32(22-25-36)34-23-27-44-43-17-6-8-20-47(43)51-48(44)30-34/h3-31H,1-2H3. The van der Waals surface area contributed by atoms with Gasteiger partial charge in [0, 0.05) is 33.2 Å². The molecule has 0 aliphatic heterocycles. The van der Waals surface area contributed by atoms with Gasteiger partial charge in [-0.25, -0.2) is 0 Å². The van der Waals surface area contributed by atoms with Crippen molar-refractivity contribution in [3.63, 3.8) is 0 Å². The van der Waals surface area contributed by atoms with Crippen LogP contribution in [0.1, 0.15) is 25.0 Å². The van der Waals surface area contributed by atoms with Gasteiger partial charge in [0.1, 0.15) is 11.2 Å². The molecular weight excluding hydrogens is 619 g/mol. The Morgan fingerprint density at radius 3 is 1.94 bits per heavy atom. The minimum Gasteiger partial charge on any atom is -0.456 e. The molecule has 0 N–H and O–H groups in total. The quantitative estimate of drug-likeness (QED) is 0.184. The molecule has 0 amide bonds. The van der Waals surface area contributed by atoms with Crippen LogP contribution in [0.2, 0.25) is 0 Å². The third-order valence-corrected chi connectivity index (χ3v) is 10.9. The Morgan fingerprint density at radius 1 is 0.392 bits per heavy atom. The number of rotatable bonds is 5. The Kier molecular flexibility index (Phi) is 6.56. The largest absolute Gasteiger partial charge is 0.456 e. The van der Waals surface area contributed by atoms with E-state index in [1.165, 1.54) is 44.2 Å². The molecule has 9 aromatic rings. The second-order valence-electron chi connectivity index (χ2n) is 14.2. The number of nitrogens with zero attached hydrogens (tertiary/aromatic N) is 1. The Bertz CT molecular complexity index is 2780. The maximum absolute atomic E-state index is 6.24. The summed E-state index contributed by atoms with van der Waals surface area (Å²) in [6, 6.07) is 63.8. The van der Waals surface area contributed by atoms with Gasteiger partial charge in [-0.2, -0.15) is 0 Å². The Morgan fingerprint density at radius 2 is 1.04 bits per heavy atom. The molecule has 0 saturated carbocycles. The number of furan rings is 1. The van der Waals surface area contributed by atoms with Crippen molar-refractivity contribution in [3.05, 3.63) is 187 Å². The van der Waals surface area contributed by atoms with Gasteiger partial charge in [-0.15, -0.1) is 0 Å². The summed E-state index contributed by atoms with van der Waals surface area (Å²) in [5, 5.41) is 4.79. The topological polar surface area (TPSA) is 16.4 Å². The number of benzene rings is 8. The van der Waals surface area contributed by atoms with Crippen LogP contribution in [-0.4, -0.2) is 0 Å². The highest BCUT2D eigenvalue weighted by molar-refractivity contribution is 6.06. The minimum atomic E-state index is -0.0996. The number of anilines is 3. The molecule has 0 unspecified atom stereocenters. The third-order valence-electron chi connectivity index (χ3n) is 10.9. The molecular formula is C49H35NO. The van der Waals surface area contributed by atoms with Crippen LogP contribution in [0.3, 0.4) is 0 Å². The predicted molar refractivity (Wildman–Crippen MR) is 214 cm³/mol. The van der Waals surface area contributed by atoms with Crippen molar-refractivity contribution in [2.75, 3.05) is 4.90 Å². The van der Waals surface area contributed by atoms with Crippen LogP contribution in [0, 0.1) is 0 Å². The third kappa shape index (κ3) is 4.71. The van der Waals surface area contributed by atoms with E-state index in [0.717, 1.165) is 50.1 Å². The fraction of sp³-hybridized carbons (Fsp3) is 0.0612. The molecule has 242 valence electrons. The van der Waals surface area contributed by atoms with Gasteiger partial charge in [0.2, 0.25) is 0 Å². The summed E-state index contributed by atoms with van der Waals surface area (Å²) < 4.78 is 6.24. The van der Waals surface area contributed by atoms with E-state index in [2.05, 4.69) is 183 Å². The summed E-state index contributed by atoms with van der Waals surface area (Å²) in [6.07, 6.45) is 0. The fourth-order valence-electron chi connectivity index (χ4n) is 8.28. The number of hydrogen-bond acceptors (Lipinski definition) is 2. The fourth-order valence-corrected chi connectivity index (χ4v) is 8.28. The molecule has 1 aliphatic rings. The van der Waals surface area contributed by atoms with Crippen LogP contribution < -0.4 is 4.90 Å². The lowest BCUT2D eigenvalue weighted by molar-refractivity contribution is 0.660. The maximum Gasteiger partial charge on any atom is 0.136 e. The molecule has 8 aromatic carbocycles. The molecule has 1 aromatic heterocycles. The lowest BCUT2D eigenvalue weighted by Crippen LogP contribution is -2.16. The summed E-state index contributed by atoms with van der Waals surface area (Å²) in [4.78, 5) is 2.40. The van der Waals surface area contributed by atoms with Crippen molar-refractivity contribution in [1.29, 1.82) is 0 Å². The van der Waals surface area contributed by atoms with Crippen molar-refractivity contribution < 1.29 is 4.42 Å². The molecule has 0 radical (unpaired) electrons. The molecule has 1 aliphatic carbocycles. The normalized spacial score (nSPS) is 13.1. The zero-order valence-electron chi connectivity index (χ0n) is 28.6. The summed E-state index contributed by atoms with van der Waals surface area (Å²) >= 11 is 0. The zero-order chi connectivity index (χ0) is 34.1. The first-order valence-corrected chi connectivity index (χ1v) is 17.7. The molecule has 2 nitrogen and oxygen atoms in total. The predicted octanol–water partition coefficient (Wildman–Crippen LogP) is 13.8. The smallest absolute Gasteiger partial charge is 0.136 e. The summed E-state index contributed by atoms with van der Waals surface area (Å²) in [5.74, 6) is 0. The van der Waals surface area contributed by atoms with E-state index >= 15 is 0 Å². The van der Waals surface area contributed by atoms with E-state index in [1.807, 2.05) is 12.1 Å². The number of fused-ring (bicyclic) bond motifs is 7. The van der Waals surface area contributed by atoms with E-state index in [0.29, 0.717) is 0 Å². The van der Waals surface area contributed by atoms with Gasteiger partial charge in [0.15, 0.2) is 0 Å². The van der Waals surface area contributed by atoms with Crippen LogP contribution in [0.15, 0.2) is 180 Å². The molecule has 0 fully saturated rings. The molecule has 0 saturated heterocycles. The zero-order valence-corrected chi connectivity index (χ0v) is 28.6. The van der Waals surface area contributed by atoms with E-state index in [-0.39, 0.29) is 5.41 Å². The molecule has 10 rings (SSSR count). The van der Waals surface area contributed by atoms with Crippen LogP contribution >= 0.6 is 0 Å². The molecule has 0 atom stereocenters. The minimum absolute atomic E-state index is 0.0996. The molecule has 0 bridgehead atoms. The van der Waals surface area contributed by atoms with Crippen LogP contribution in [0.5, 0.6) is 0 Å². The van der Waals surface area contributed by atoms with E-state index < -0.39 is 0 Å². The maximum atomic E-state index is 6.24. The number of hydrogen-bond donors (Lipinski definition) is 0. The van der Waals surface area contributed by atoms with E-state index in [9.17, 15) is 0 Å². The molecule has 0 spiro atoms. The van der Waals surface area contributed by atoms with Crippen molar-refractivity contribution in [2.45, 2.75) is 19.3 Å². The molecule has 51 heavy (non-hydrogen) atoms.